The smallest absolute Gasteiger partial charge is 0.365 e. The molecule has 0 atom stereocenters. The fraction of sp³-hybridized carbons (Fsp3) is 0.545. The Kier molecular flexibility index (Phi) is 5.79. The first-order valence-electron chi connectivity index (χ1n) is 6.08. The summed E-state index contributed by atoms with van der Waals surface area (Å²) >= 11 is 0. The standard InChI is InChI=1S/C11H15N3O7/c1-3-5-21-6-4-13-9(10(15)16)8(14(18)19)7(12-13)11(17)20-2/h3-6H2,1-2H3,(H,15,16). The first kappa shape index (κ1) is 16.6. The molecule has 1 heterocycles. The lowest BCUT2D eigenvalue weighted by atomic mass is 10.3. The zero-order valence-corrected chi connectivity index (χ0v) is 11.6. The zero-order chi connectivity index (χ0) is 16.0. The second kappa shape index (κ2) is 7.33. The van der Waals surface area contributed by atoms with Gasteiger partial charge in [0.2, 0.25) is 11.4 Å². The van der Waals surface area contributed by atoms with Crippen LogP contribution in [0.5, 0.6) is 0 Å². The Labute approximate surface area is 119 Å². The molecule has 10 nitrogen and oxygen atoms in total. The number of rotatable bonds is 8. The molecule has 0 bridgehead atoms. The van der Waals surface area contributed by atoms with E-state index in [4.69, 9.17) is 9.84 Å². The molecule has 0 aliphatic carbocycles. The van der Waals surface area contributed by atoms with Crippen LogP contribution in [0.4, 0.5) is 5.69 Å². The number of nitro groups is 1. The molecular formula is C11H15N3O7. The molecule has 0 amide bonds. The van der Waals surface area contributed by atoms with Crippen molar-refractivity contribution in [2.75, 3.05) is 20.3 Å². The molecule has 1 aromatic heterocycles. The van der Waals surface area contributed by atoms with Crippen molar-refractivity contribution in [2.45, 2.75) is 19.9 Å². The summed E-state index contributed by atoms with van der Waals surface area (Å²) in [5, 5.41) is 23.8. The van der Waals surface area contributed by atoms with Crippen LogP contribution in [-0.4, -0.2) is 52.1 Å². The van der Waals surface area contributed by atoms with Crippen molar-refractivity contribution in [1.29, 1.82) is 0 Å². The Bertz CT molecular complexity index is 552. The Morgan fingerprint density at radius 3 is 2.57 bits per heavy atom. The number of esters is 1. The topological polar surface area (TPSA) is 134 Å². The van der Waals surface area contributed by atoms with Crippen LogP contribution in [-0.2, 0) is 16.0 Å². The first-order chi connectivity index (χ1) is 9.93. The molecular weight excluding hydrogens is 286 g/mol. The third-order valence-corrected chi connectivity index (χ3v) is 2.49. The number of hydrogen-bond donors (Lipinski definition) is 1. The predicted molar refractivity (Wildman–Crippen MR) is 68.3 cm³/mol. The van der Waals surface area contributed by atoms with Gasteiger partial charge in [-0.05, 0) is 6.42 Å². The van der Waals surface area contributed by atoms with Crippen LogP contribution in [0.3, 0.4) is 0 Å². The summed E-state index contributed by atoms with van der Waals surface area (Å²) in [6.45, 7) is 2.46. The van der Waals surface area contributed by atoms with Crippen molar-refractivity contribution in [3.63, 3.8) is 0 Å². The highest BCUT2D eigenvalue weighted by Crippen LogP contribution is 2.24. The van der Waals surface area contributed by atoms with Gasteiger partial charge in [0, 0.05) is 6.61 Å². The number of carboxylic acids is 1. The molecule has 0 unspecified atom stereocenters. The minimum absolute atomic E-state index is 0.0283. The van der Waals surface area contributed by atoms with Crippen LogP contribution < -0.4 is 0 Å². The molecule has 21 heavy (non-hydrogen) atoms. The average molecular weight is 301 g/mol. The molecule has 0 saturated heterocycles. The van der Waals surface area contributed by atoms with Crippen LogP contribution in [0.25, 0.3) is 0 Å². The van der Waals surface area contributed by atoms with Crippen molar-refractivity contribution < 1.29 is 29.1 Å². The maximum atomic E-state index is 11.5. The van der Waals surface area contributed by atoms with Gasteiger partial charge in [-0.1, -0.05) is 6.92 Å². The molecule has 0 spiro atoms. The van der Waals surface area contributed by atoms with Gasteiger partial charge in [0.15, 0.2) is 0 Å². The Morgan fingerprint density at radius 2 is 2.10 bits per heavy atom. The van der Waals surface area contributed by atoms with Crippen molar-refractivity contribution in [2.24, 2.45) is 0 Å². The van der Waals surface area contributed by atoms with E-state index in [0.717, 1.165) is 18.2 Å². The van der Waals surface area contributed by atoms with Crippen LogP contribution in [0.1, 0.15) is 34.3 Å². The summed E-state index contributed by atoms with van der Waals surface area (Å²) in [7, 11) is 1.02. The van der Waals surface area contributed by atoms with E-state index in [9.17, 15) is 19.7 Å². The lowest BCUT2D eigenvalue weighted by Crippen LogP contribution is -2.15. The summed E-state index contributed by atoms with van der Waals surface area (Å²) in [6.07, 6.45) is 0.776. The van der Waals surface area contributed by atoms with Gasteiger partial charge >= 0.3 is 17.6 Å². The van der Waals surface area contributed by atoms with E-state index in [2.05, 4.69) is 9.84 Å². The third kappa shape index (κ3) is 3.75. The number of methoxy groups -OCH3 is 1. The maximum absolute atomic E-state index is 11.5. The minimum atomic E-state index is -1.56. The summed E-state index contributed by atoms with van der Waals surface area (Å²) in [5.74, 6) is -2.63. The van der Waals surface area contributed by atoms with Gasteiger partial charge < -0.3 is 14.6 Å². The van der Waals surface area contributed by atoms with Gasteiger partial charge in [0.05, 0.1) is 25.2 Å². The van der Waals surface area contributed by atoms with Gasteiger partial charge in [-0.25, -0.2) is 14.3 Å². The Morgan fingerprint density at radius 1 is 1.43 bits per heavy atom. The molecule has 0 radical (unpaired) electrons. The van der Waals surface area contributed by atoms with Crippen molar-refractivity contribution in [3.8, 4) is 0 Å². The quantitative estimate of drug-likeness (QED) is 0.321. The maximum Gasteiger partial charge on any atom is 0.365 e. The van der Waals surface area contributed by atoms with Gasteiger partial charge in [0.25, 0.3) is 0 Å². The molecule has 0 aliphatic rings. The molecule has 1 aromatic rings. The summed E-state index contributed by atoms with van der Waals surface area (Å²) in [6, 6.07) is 0. The fourth-order valence-electron chi connectivity index (χ4n) is 1.63. The molecule has 10 heteroatoms. The third-order valence-electron chi connectivity index (χ3n) is 2.49. The second-order valence-corrected chi connectivity index (χ2v) is 3.94. The summed E-state index contributed by atoms with van der Waals surface area (Å²) in [4.78, 5) is 32.7. The number of aromatic carboxylic acids is 1. The lowest BCUT2D eigenvalue weighted by Gasteiger charge is -2.04. The molecule has 0 saturated carbocycles. The number of aromatic nitrogens is 2. The van der Waals surface area contributed by atoms with E-state index >= 15 is 0 Å². The first-order valence-corrected chi connectivity index (χ1v) is 6.08. The number of carbonyl (C=O) groups is 2. The fourth-order valence-corrected chi connectivity index (χ4v) is 1.63. The van der Waals surface area contributed by atoms with Crippen LogP contribution >= 0.6 is 0 Å². The van der Waals surface area contributed by atoms with E-state index < -0.39 is 33.9 Å². The van der Waals surface area contributed by atoms with Gasteiger partial charge in [-0.3, -0.25) is 10.1 Å². The number of hydrogen-bond acceptors (Lipinski definition) is 7. The van der Waals surface area contributed by atoms with Crippen molar-refractivity contribution >= 4 is 17.6 Å². The van der Waals surface area contributed by atoms with Crippen LogP contribution in [0.15, 0.2) is 0 Å². The van der Waals surface area contributed by atoms with E-state index in [-0.39, 0.29) is 13.2 Å². The summed E-state index contributed by atoms with van der Waals surface area (Å²) < 4.78 is 10.4. The van der Waals surface area contributed by atoms with Crippen molar-refractivity contribution in [1.82, 2.24) is 9.78 Å². The highest BCUT2D eigenvalue weighted by molar-refractivity contribution is 5.99. The van der Waals surface area contributed by atoms with Gasteiger partial charge in [-0.2, -0.15) is 5.10 Å². The Balaban J connectivity index is 3.20. The largest absolute Gasteiger partial charge is 0.476 e. The van der Waals surface area contributed by atoms with Crippen molar-refractivity contribution in [3.05, 3.63) is 21.5 Å². The zero-order valence-electron chi connectivity index (χ0n) is 11.6. The molecule has 0 fully saturated rings. The van der Waals surface area contributed by atoms with Crippen LogP contribution in [0.2, 0.25) is 0 Å². The average Bonchev–Trinajstić information content (AvgIpc) is 2.82. The molecule has 116 valence electrons. The number of ether oxygens (including phenoxy) is 2. The molecule has 1 rings (SSSR count). The summed E-state index contributed by atoms with van der Waals surface area (Å²) in [5.41, 5.74) is -2.21. The number of carboxylic acid groups (broad SMARTS) is 1. The normalized spacial score (nSPS) is 10.4. The van der Waals surface area contributed by atoms with Crippen LogP contribution in [0, 0.1) is 10.1 Å². The highest BCUT2D eigenvalue weighted by Gasteiger charge is 2.36. The number of nitrogens with zero attached hydrogens (tertiary/aromatic N) is 3. The van der Waals surface area contributed by atoms with E-state index in [0.29, 0.717) is 6.61 Å². The SMILES string of the molecule is CCCOCCn1nc(C(=O)OC)c([N+](=O)[O-])c1C(=O)O. The monoisotopic (exact) mass is 301 g/mol. The number of carbonyl (C=O) groups excluding carboxylic acids is 1. The predicted octanol–water partition coefficient (Wildman–Crippen LogP) is 0.703. The van der Waals surface area contributed by atoms with E-state index in [1.165, 1.54) is 0 Å². The van der Waals surface area contributed by atoms with Gasteiger partial charge in [-0.15, -0.1) is 0 Å². The second-order valence-electron chi connectivity index (χ2n) is 3.94. The lowest BCUT2D eigenvalue weighted by molar-refractivity contribution is -0.385. The van der Waals surface area contributed by atoms with Gasteiger partial charge in [0.1, 0.15) is 0 Å². The molecule has 0 aliphatic heterocycles. The molecule has 1 N–H and O–H groups in total. The highest BCUT2D eigenvalue weighted by atomic mass is 16.6. The van der Waals surface area contributed by atoms with E-state index in [1.807, 2.05) is 6.92 Å². The van der Waals surface area contributed by atoms with E-state index in [1.54, 1.807) is 0 Å². The Hall–Kier alpha value is -2.49. The molecule has 0 aromatic carbocycles. The minimum Gasteiger partial charge on any atom is -0.476 e.